The van der Waals surface area contributed by atoms with Crippen molar-refractivity contribution in [1.29, 1.82) is 0 Å². The zero-order valence-electron chi connectivity index (χ0n) is 17.3. The summed E-state index contributed by atoms with van der Waals surface area (Å²) in [5.74, 6) is 1.33. The molecule has 0 saturated carbocycles. The van der Waals surface area contributed by atoms with E-state index in [1.807, 2.05) is 12.1 Å². The molecule has 0 fully saturated rings. The second-order valence-corrected chi connectivity index (χ2v) is 8.52. The first kappa shape index (κ1) is 18.3. The molecule has 3 heteroatoms. The van der Waals surface area contributed by atoms with E-state index in [0.717, 1.165) is 52.7 Å². The number of allylic oxidation sites excluding steroid dienone is 2. The van der Waals surface area contributed by atoms with E-state index in [2.05, 4.69) is 71.7 Å². The van der Waals surface area contributed by atoms with Gasteiger partial charge in [0.2, 0.25) is 0 Å². The minimum Gasteiger partial charge on any atom is -0.392 e. The number of fused-ring (bicyclic) bond motifs is 3. The lowest BCUT2D eigenvalue weighted by molar-refractivity contribution is 0.283. The Morgan fingerprint density at radius 1 is 0.968 bits per heavy atom. The molecule has 1 aromatic heterocycles. The predicted molar refractivity (Wildman–Crippen MR) is 126 cm³/mol. The van der Waals surface area contributed by atoms with Gasteiger partial charge in [0.15, 0.2) is 0 Å². The van der Waals surface area contributed by atoms with Crippen LogP contribution in [0, 0.1) is 5.92 Å². The van der Waals surface area contributed by atoms with Gasteiger partial charge in [-0.1, -0.05) is 78.4 Å². The molecule has 0 saturated heterocycles. The Morgan fingerprint density at radius 3 is 2.74 bits per heavy atom. The molecule has 3 aromatic carbocycles. The Hall–Kier alpha value is -3.43. The van der Waals surface area contributed by atoms with E-state index < -0.39 is 0 Å². The Labute approximate surface area is 181 Å². The molecular weight excluding hydrogens is 380 g/mol. The molecule has 3 nitrogen and oxygen atoms in total. The fourth-order valence-corrected chi connectivity index (χ4v) is 5.08. The number of rotatable bonds is 3. The van der Waals surface area contributed by atoms with Crippen LogP contribution in [-0.2, 0) is 19.4 Å². The van der Waals surface area contributed by atoms with Crippen LogP contribution in [0.5, 0.6) is 0 Å². The fraction of sp³-hybridized carbons (Fsp3) is 0.179. The molecule has 0 aliphatic heterocycles. The number of nitrogens with zero attached hydrogens (tertiary/aromatic N) is 1. The minimum absolute atomic E-state index is 0.0221. The van der Waals surface area contributed by atoms with Crippen LogP contribution in [0.25, 0.3) is 34.3 Å². The van der Waals surface area contributed by atoms with Gasteiger partial charge in [-0.2, -0.15) is 0 Å². The third-order valence-corrected chi connectivity index (χ3v) is 6.69. The van der Waals surface area contributed by atoms with Gasteiger partial charge in [-0.3, -0.25) is 0 Å². The van der Waals surface area contributed by atoms with Gasteiger partial charge in [0.1, 0.15) is 5.82 Å². The normalized spacial score (nSPS) is 17.3. The molecule has 152 valence electrons. The monoisotopic (exact) mass is 404 g/mol. The maximum Gasteiger partial charge on any atom is 0.138 e. The quantitative estimate of drug-likeness (QED) is 0.444. The van der Waals surface area contributed by atoms with Crippen LogP contribution in [0.15, 0.2) is 72.3 Å². The highest BCUT2D eigenvalue weighted by Crippen LogP contribution is 2.36. The third-order valence-electron chi connectivity index (χ3n) is 6.69. The summed E-state index contributed by atoms with van der Waals surface area (Å²) in [7, 11) is 0. The molecule has 0 radical (unpaired) electrons. The number of nitrogens with one attached hydrogen (secondary N) is 1. The minimum atomic E-state index is 0.0221. The average molecular weight is 405 g/mol. The molecule has 0 amide bonds. The average Bonchev–Trinajstić information content (AvgIpc) is 3.26. The van der Waals surface area contributed by atoms with E-state index in [-0.39, 0.29) is 6.61 Å². The van der Waals surface area contributed by atoms with Crippen LogP contribution < -0.4 is 0 Å². The lowest BCUT2D eigenvalue weighted by atomic mass is 9.81. The second-order valence-electron chi connectivity index (χ2n) is 8.52. The molecule has 2 aliphatic rings. The van der Waals surface area contributed by atoms with Crippen molar-refractivity contribution in [2.24, 2.45) is 5.92 Å². The maximum atomic E-state index is 9.87. The summed E-state index contributed by atoms with van der Waals surface area (Å²) in [5.41, 5.74) is 8.48. The van der Waals surface area contributed by atoms with Crippen LogP contribution in [0.4, 0.5) is 0 Å². The Morgan fingerprint density at radius 2 is 1.84 bits per heavy atom. The van der Waals surface area contributed by atoms with E-state index >= 15 is 0 Å². The van der Waals surface area contributed by atoms with Crippen LogP contribution in [0.1, 0.15) is 34.5 Å². The Balaban J connectivity index is 1.38. The Bertz CT molecular complexity index is 1350. The van der Waals surface area contributed by atoms with E-state index in [1.54, 1.807) is 0 Å². The number of aryl methyl sites for hydroxylation is 1. The molecule has 2 aliphatic carbocycles. The lowest BCUT2D eigenvalue weighted by Gasteiger charge is -2.24. The van der Waals surface area contributed by atoms with Gasteiger partial charge >= 0.3 is 0 Å². The van der Waals surface area contributed by atoms with Crippen molar-refractivity contribution in [3.8, 4) is 11.4 Å². The van der Waals surface area contributed by atoms with Crippen molar-refractivity contribution < 1.29 is 5.11 Å². The first-order chi connectivity index (χ1) is 15.3. The highest BCUT2D eigenvalue weighted by Gasteiger charge is 2.23. The molecule has 0 bridgehead atoms. The van der Waals surface area contributed by atoms with Crippen molar-refractivity contribution in [1.82, 2.24) is 9.97 Å². The zero-order valence-corrected chi connectivity index (χ0v) is 17.3. The van der Waals surface area contributed by atoms with Gasteiger partial charge in [-0.25, -0.2) is 4.98 Å². The van der Waals surface area contributed by atoms with Gasteiger partial charge in [-0.05, 0) is 52.8 Å². The van der Waals surface area contributed by atoms with Gasteiger partial charge < -0.3 is 10.1 Å². The summed E-state index contributed by atoms with van der Waals surface area (Å²) in [4.78, 5) is 8.58. The second kappa shape index (κ2) is 7.36. The molecule has 6 rings (SSSR count). The summed E-state index contributed by atoms with van der Waals surface area (Å²) in [5, 5.41) is 12.1. The predicted octanol–water partition coefficient (Wildman–Crippen LogP) is 5.94. The summed E-state index contributed by atoms with van der Waals surface area (Å²) < 4.78 is 0. The lowest BCUT2D eigenvalue weighted by Crippen LogP contribution is -2.12. The van der Waals surface area contributed by atoms with Crippen molar-refractivity contribution in [3.63, 3.8) is 0 Å². The first-order valence-corrected chi connectivity index (χ1v) is 11.0. The highest BCUT2D eigenvalue weighted by molar-refractivity contribution is 5.97. The number of hydrogen-bond donors (Lipinski definition) is 2. The van der Waals surface area contributed by atoms with Gasteiger partial charge in [0.25, 0.3) is 0 Å². The largest absolute Gasteiger partial charge is 0.392 e. The number of benzene rings is 3. The summed E-state index contributed by atoms with van der Waals surface area (Å²) in [6.07, 6.45) is 10.0. The van der Waals surface area contributed by atoms with E-state index in [0.29, 0.717) is 5.92 Å². The van der Waals surface area contributed by atoms with Gasteiger partial charge in [0, 0.05) is 17.2 Å². The summed E-state index contributed by atoms with van der Waals surface area (Å²) in [6, 6.07) is 21.0. The maximum absolute atomic E-state index is 9.87. The van der Waals surface area contributed by atoms with Gasteiger partial charge in [0.05, 0.1) is 12.3 Å². The zero-order chi connectivity index (χ0) is 20.8. The van der Waals surface area contributed by atoms with Crippen molar-refractivity contribution in [2.45, 2.75) is 25.9 Å². The van der Waals surface area contributed by atoms with Crippen molar-refractivity contribution in [2.75, 3.05) is 0 Å². The van der Waals surface area contributed by atoms with Gasteiger partial charge in [-0.15, -0.1) is 0 Å². The molecule has 31 heavy (non-hydrogen) atoms. The van der Waals surface area contributed by atoms with Crippen molar-refractivity contribution >= 4 is 22.9 Å². The third kappa shape index (κ3) is 3.13. The molecule has 0 spiro atoms. The van der Waals surface area contributed by atoms with Crippen molar-refractivity contribution in [3.05, 3.63) is 100 Å². The van der Waals surface area contributed by atoms with E-state index in [1.165, 1.54) is 22.4 Å². The van der Waals surface area contributed by atoms with Crippen LogP contribution >= 0.6 is 0 Å². The van der Waals surface area contributed by atoms with Crippen LogP contribution in [-0.4, -0.2) is 15.1 Å². The molecule has 1 unspecified atom stereocenters. The topological polar surface area (TPSA) is 48.9 Å². The number of imidazole rings is 1. The molecule has 1 atom stereocenters. The number of aliphatic hydroxyl groups is 1. The Kier molecular flexibility index (Phi) is 4.36. The standard InChI is InChI=1S/C28H24N2O/c31-17-23-9-3-7-19-8-4-10-24(27(19)23)28-29-25-14-13-22(16-26(25)30-28)21-12-11-18-5-1-2-6-20(18)15-21/h1-12,16,21,31H,13-15,17H2,(H,29,30). The van der Waals surface area contributed by atoms with E-state index in [4.69, 9.17) is 4.98 Å². The van der Waals surface area contributed by atoms with Crippen LogP contribution in [0.3, 0.4) is 0 Å². The van der Waals surface area contributed by atoms with Crippen LogP contribution in [0.2, 0.25) is 0 Å². The smallest absolute Gasteiger partial charge is 0.138 e. The molecule has 2 N–H and O–H groups in total. The highest BCUT2D eigenvalue weighted by atomic mass is 16.3. The first-order valence-electron chi connectivity index (χ1n) is 11.0. The number of aromatic amines is 1. The molecule has 1 heterocycles. The summed E-state index contributed by atoms with van der Waals surface area (Å²) >= 11 is 0. The number of H-pyrrole nitrogens is 1. The number of aliphatic hydroxyl groups excluding tert-OH is 1. The molecular formula is C28H24N2O. The fourth-order valence-electron chi connectivity index (χ4n) is 5.08. The SMILES string of the molecule is OCc1cccc2cccc(-c3nc4c([nH]3)CCC(C3C=Cc5ccccc5C3)=C4)c12. The molecule has 4 aromatic rings. The van der Waals surface area contributed by atoms with E-state index in [9.17, 15) is 5.11 Å². The number of hydrogen-bond acceptors (Lipinski definition) is 2. The summed E-state index contributed by atoms with van der Waals surface area (Å²) in [6.45, 7) is 0.0221. The number of aromatic nitrogens is 2.